The second-order valence-electron chi connectivity index (χ2n) is 5.30. The fourth-order valence-electron chi connectivity index (χ4n) is 2.38. The highest BCUT2D eigenvalue weighted by Crippen LogP contribution is 2.18. The van der Waals surface area contributed by atoms with Gasteiger partial charge in [0, 0.05) is 19.2 Å². The number of anilines is 2. The topological polar surface area (TPSA) is 79.3 Å². The molecular formula is C15H20N4O2S. The highest BCUT2D eigenvalue weighted by atomic mass is 32.1. The van der Waals surface area contributed by atoms with Crippen molar-refractivity contribution in [1.82, 2.24) is 9.97 Å². The van der Waals surface area contributed by atoms with Crippen LogP contribution in [-0.4, -0.2) is 40.9 Å². The minimum Gasteiger partial charge on any atom is -0.387 e. The van der Waals surface area contributed by atoms with Gasteiger partial charge in [-0.05, 0) is 35.2 Å². The second kappa shape index (κ2) is 7.53. The van der Waals surface area contributed by atoms with Crippen LogP contribution in [0, 0.1) is 0 Å². The summed E-state index contributed by atoms with van der Waals surface area (Å²) in [7, 11) is 0. The summed E-state index contributed by atoms with van der Waals surface area (Å²) in [6.45, 7) is 1.97. The third-order valence-electron chi connectivity index (χ3n) is 3.58. The summed E-state index contributed by atoms with van der Waals surface area (Å²) in [5.41, 5.74) is 0.921. The highest BCUT2D eigenvalue weighted by molar-refractivity contribution is 7.07. The molecule has 3 N–H and O–H groups in total. The van der Waals surface area contributed by atoms with E-state index in [9.17, 15) is 5.11 Å². The third kappa shape index (κ3) is 4.16. The van der Waals surface area contributed by atoms with Crippen molar-refractivity contribution in [3.8, 4) is 0 Å². The van der Waals surface area contributed by atoms with Crippen molar-refractivity contribution in [1.29, 1.82) is 0 Å². The first kappa shape index (κ1) is 15.2. The van der Waals surface area contributed by atoms with Crippen LogP contribution in [0.25, 0.3) is 0 Å². The predicted molar refractivity (Wildman–Crippen MR) is 87.3 cm³/mol. The maximum absolute atomic E-state index is 10.1. The Morgan fingerprint density at radius 3 is 3.09 bits per heavy atom. The van der Waals surface area contributed by atoms with Crippen molar-refractivity contribution in [2.45, 2.75) is 25.0 Å². The number of aromatic nitrogens is 2. The molecule has 6 nitrogen and oxygen atoms in total. The predicted octanol–water partition coefficient (Wildman–Crippen LogP) is 2.27. The molecule has 1 aliphatic rings. The first-order valence-corrected chi connectivity index (χ1v) is 8.36. The van der Waals surface area contributed by atoms with E-state index >= 15 is 0 Å². The molecule has 3 heterocycles. The number of hydrogen-bond donors (Lipinski definition) is 3. The summed E-state index contributed by atoms with van der Waals surface area (Å²) in [5.74, 6) is 1.47. The Labute approximate surface area is 133 Å². The number of ether oxygens (including phenoxy) is 1. The Balaban J connectivity index is 1.54. The van der Waals surface area contributed by atoms with Crippen molar-refractivity contribution in [2.75, 3.05) is 30.4 Å². The molecule has 3 rings (SSSR count). The van der Waals surface area contributed by atoms with Crippen LogP contribution in [0.5, 0.6) is 0 Å². The summed E-state index contributed by atoms with van der Waals surface area (Å²) < 4.78 is 5.45. The molecule has 2 atom stereocenters. The van der Waals surface area contributed by atoms with E-state index in [2.05, 4.69) is 20.6 Å². The molecule has 1 aliphatic heterocycles. The van der Waals surface area contributed by atoms with Gasteiger partial charge in [0.05, 0.1) is 18.8 Å². The number of thiophene rings is 1. The van der Waals surface area contributed by atoms with E-state index < -0.39 is 6.10 Å². The molecule has 0 aliphatic carbocycles. The fourth-order valence-corrected chi connectivity index (χ4v) is 3.09. The molecule has 0 radical (unpaired) electrons. The van der Waals surface area contributed by atoms with Crippen molar-refractivity contribution in [3.05, 3.63) is 34.8 Å². The average molecular weight is 320 g/mol. The van der Waals surface area contributed by atoms with Crippen LogP contribution in [0.1, 0.15) is 24.5 Å². The van der Waals surface area contributed by atoms with Gasteiger partial charge in [-0.1, -0.05) is 0 Å². The van der Waals surface area contributed by atoms with Crippen molar-refractivity contribution in [2.24, 2.45) is 0 Å². The van der Waals surface area contributed by atoms with Crippen LogP contribution < -0.4 is 10.6 Å². The summed E-state index contributed by atoms with van der Waals surface area (Å²) in [6.07, 6.45) is 3.14. The van der Waals surface area contributed by atoms with E-state index in [1.54, 1.807) is 11.3 Å². The van der Waals surface area contributed by atoms with Crippen LogP contribution in [0.2, 0.25) is 0 Å². The summed E-state index contributed by atoms with van der Waals surface area (Å²) >= 11 is 1.58. The van der Waals surface area contributed by atoms with Crippen LogP contribution in [0.4, 0.5) is 11.6 Å². The van der Waals surface area contributed by atoms with Crippen molar-refractivity contribution >= 4 is 23.0 Å². The average Bonchev–Trinajstić information content (AvgIpc) is 3.08. The number of hydrogen-bond acceptors (Lipinski definition) is 7. The Hall–Kier alpha value is -1.70. The van der Waals surface area contributed by atoms with Gasteiger partial charge < -0.3 is 20.5 Å². The number of aliphatic hydroxyl groups is 1. The Morgan fingerprint density at radius 2 is 2.32 bits per heavy atom. The smallest absolute Gasteiger partial charge is 0.131 e. The molecule has 7 heteroatoms. The van der Waals surface area contributed by atoms with Gasteiger partial charge in [-0.15, -0.1) is 0 Å². The van der Waals surface area contributed by atoms with Gasteiger partial charge in [-0.25, -0.2) is 9.97 Å². The van der Waals surface area contributed by atoms with Crippen LogP contribution in [0.3, 0.4) is 0 Å². The lowest BCUT2D eigenvalue weighted by Gasteiger charge is -2.23. The molecule has 2 aromatic heterocycles. The monoisotopic (exact) mass is 320 g/mol. The van der Waals surface area contributed by atoms with Gasteiger partial charge in [-0.3, -0.25) is 0 Å². The third-order valence-corrected chi connectivity index (χ3v) is 4.29. The Bertz CT molecular complexity index is 573. The zero-order chi connectivity index (χ0) is 15.2. The van der Waals surface area contributed by atoms with Crippen LogP contribution in [-0.2, 0) is 4.74 Å². The first-order chi connectivity index (χ1) is 10.8. The maximum Gasteiger partial charge on any atom is 0.131 e. The minimum atomic E-state index is -0.538. The molecule has 22 heavy (non-hydrogen) atoms. The molecule has 0 bridgehead atoms. The SMILES string of the molecule is O[C@H](CNc1cc(N[C@H]2CCCOC2)ncn1)c1ccsc1. The largest absolute Gasteiger partial charge is 0.387 e. The summed E-state index contributed by atoms with van der Waals surface area (Å²) in [4.78, 5) is 8.42. The molecule has 0 aromatic carbocycles. The summed E-state index contributed by atoms with van der Waals surface area (Å²) in [5, 5.41) is 20.5. The van der Waals surface area contributed by atoms with Crippen LogP contribution in [0.15, 0.2) is 29.2 Å². The standard InChI is InChI=1S/C15H20N4O2S/c20-13(11-3-5-22-9-11)7-16-14-6-15(18-10-17-14)19-12-2-1-4-21-8-12/h3,5-6,9-10,12-13,20H,1-2,4,7-8H2,(H2,16,17,18,19)/t12-,13+/m0/s1. The van der Waals surface area contributed by atoms with Gasteiger partial charge in [-0.2, -0.15) is 11.3 Å². The van der Waals surface area contributed by atoms with E-state index in [1.165, 1.54) is 6.33 Å². The lowest BCUT2D eigenvalue weighted by molar-refractivity contribution is 0.0875. The van der Waals surface area contributed by atoms with Gasteiger partial charge in [0.1, 0.15) is 18.0 Å². The Morgan fingerprint density at radius 1 is 1.41 bits per heavy atom. The van der Waals surface area contributed by atoms with Gasteiger partial charge in [0.15, 0.2) is 0 Å². The minimum absolute atomic E-state index is 0.299. The molecule has 2 aromatic rings. The number of nitrogens with zero attached hydrogens (tertiary/aromatic N) is 2. The molecule has 0 saturated carbocycles. The first-order valence-electron chi connectivity index (χ1n) is 7.41. The number of rotatable bonds is 6. The van der Waals surface area contributed by atoms with E-state index in [4.69, 9.17) is 4.74 Å². The van der Waals surface area contributed by atoms with E-state index in [-0.39, 0.29) is 0 Å². The normalized spacial score (nSPS) is 19.6. The zero-order valence-electron chi connectivity index (χ0n) is 12.2. The molecule has 1 fully saturated rings. The van der Waals surface area contributed by atoms with Crippen molar-refractivity contribution < 1.29 is 9.84 Å². The zero-order valence-corrected chi connectivity index (χ0v) is 13.1. The van der Waals surface area contributed by atoms with E-state index in [0.717, 1.165) is 30.8 Å². The molecule has 118 valence electrons. The lowest BCUT2D eigenvalue weighted by atomic mass is 10.1. The van der Waals surface area contributed by atoms with Gasteiger partial charge in [0.2, 0.25) is 0 Å². The van der Waals surface area contributed by atoms with E-state index in [1.807, 2.05) is 22.9 Å². The molecule has 1 saturated heterocycles. The molecule has 0 unspecified atom stereocenters. The summed E-state index contributed by atoms with van der Waals surface area (Å²) in [6, 6.07) is 4.08. The highest BCUT2D eigenvalue weighted by Gasteiger charge is 2.14. The Kier molecular flexibility index (Phi) is 5.20. The number of aliphatic hydroxyl groups excluding tert-OH is 1. The van der Waals surface area contributed by atoms with E-state index in [0.29, 0.717) is 25.0 Å². The second-order valence-corrected chi connectivity index (χ2v) is 6.08. The maximum atomic E-state index is 10.1. The molecule has 0 spiro atoms. The van der Waals surface area contributed by atoms with Gasteiger partial charge in [0.25, 0.3) is 0 Å². The lowest BCUT2D eigenvalue weighted by Crippen LogP contribution is -2.30. The molecular weight excluding hydrogens is 300 g/mol. The van der Waals surface area contributed by atoms with Crippen molar-refractivity contribution in [3.63, 3.8) is 0 Å². The fraction of sp³-hybridized carbons (Fsp3) is 0.467. The van der Waals surface area contributed by atoms with Crippen LogP contribution >= 0.6 is 11.3 Å². The van der Waals surface area contributed by atoms with Gasteiger partial charge >= 0.3 is 0 Å². The quantitative estimate of drug-likeness (QED) is 0.758. The number of nitrogens with one attached hydrogen (secondary N) is 2. The molecule has 0 amide bonds.